The molecule has 12 heteroatoms. The third kappa shape index (κ3) is 8.24. The third-order valence-electron chi connectivity index (χ3n) is 12.3. The van der Waals surface area contributed by atoms with Crippen LogP contribution in [0.1, 0.15) is 111 Å². The van der Waals surface area contributed by atoms with Crippen molar-refractivity contribution in [3.63, 3.8) is 0 Å². The first kappa shape index (κ1) is 43.8. The zero-order valence-electron chi connectivity index (χ0n) is 35.8. The Bertz CT molecular complexity index is 2400. The zero-order valence-corrected chi connectivity index (χ0v) is 44.6. The van der Waals surface area contributed by atoms with Crippen LogP contribution in [0.3, 0.4) is 0 Å². The van der Waals surface area contributed by atoms with Crippen LogP contribution in [0.25, 0.3) is 61.3 Å². The first-order chi connectivity index (χ1) is 27.4. The Labute approximate surface area is 370 Å². The molecule has 7 rings (SSSR count). The van der Waals surface area contributed by atoms with Crippen LogP contribution in [-0.2, 0) is 0 Å². The van der Waals surface area contributed by atoms with Crippen LogP contribution in [0.5, 0.6) is 0 Å². The van der Waals surface area contributed by atoms with E-state index in [0.29, 0.717) is 16.6 Å². The van der Waals surface area contributed by atoms with Crippen molar-refractivity contribution in [1.29, 1.82) is 0 Å². The number of fused-ring (bicyclic) bond motifs is 2. The Kier molecular flexibility index (Phi) is 14.1. The van der Waals surface area contributed by atoms with E-state index < -0.39 is 26.5 Å². The van der Waals surface area contributed by atoms with Gasteiger partial charge in [-0.2, -0.15) is 0 Å². The summed E-state index contributed by atoms with van der Waals surface area (Å²) < 4.78 is 10.0. The number of benzene rings is 1. The molecule has 304 valence electrons. The summed E-state index contributed by atoms with van der Waals surface area (Å²) in [6.45, 7) is 26.3. The van der Waals surface area contributed by atoms with Gasteiger partial charge in [0, 0.05) is 0 Å². The Hall–Kier alpha value is -1.32. The van der Waals surface area contributed by atoms with Crippen molar-refractivity contribution in [2.45, 2.75) is 145 Å². The summed E-state index contributed by atoms with van der Waals surface area (Å²) in [4.78, 5) is 26.8. The third-order valence-corrected chi connectivity index (χ3v) is 45.0. The predicted octanol–water partition coefficient (Wildman–Crippen LogP) is 16.2. The van der Waals surface area contributed by atoms with Gasteiger partial charge >= 0.3 is 333 Å². The number of thiophene rings is 2. The van der Waals surface area contributed by atoms with Gasteiger partial charge in [0.15, 0.2) is 0 Å². The molecule has 4 nitrogen and oxygen atoms in total. The molecule has 0 bridgehead atoms. The van der Waals surface area contributed by atoms with Gasteiger partial charge in [-0.15, -0.1) is 0 Å². The van der Waals surface area contributed by atoms with Crippen molar-refractivity contribution in [2.24, 2.45) is 0 Å². The van der Waals surface area contributed by atoms with E-state index in [4.69, 9.17) is 19.9 Å². The summed E-state index contributed by atoms with van der Waals surface area (Å²) in [5.74, 6) is 0. The number of aromatic nitrogens is 4. The molecule has 0 saturated carbocycles. The SMILES string of the molecule is CCC[CH2][Sn]([CH2]CCC)([CH2]CCC)[c]1cnc(-c2c3nc(-c4ccc([Si](C(C)C)(C(C)C)C(C)C)s4)sc3c(-c3ncc(C)s3)c3nc(-c4ccc(C)s4)sc23)s1. The number of hydrogen-bond donors (Lipinski definition) is 0. The van der Waals surface area contributed by atoms with E-state index in [1.165, 1.54) is 86.3 Å². The van der Waals surface area contributed by atoms with Crippen molar-refractivity contribution in [3.05, 3.63) is 46.4 Å². The van der Waals surface area contributed by atoms with Crippen LogP contribution in [-0.4, -0.2) is 46.4 Å². The van der Waals surface area contributed by atoms with Crippen molar-refractivity contribution in [2.75, 3.05) is 0 Å². The number of unbranched alkanes of at least 4 members (excludes halogenated alkanes) is 3. The number of nitrogens with zero attached hydrogens (tertiary/aromatic N) is 4. The molecule has 0 saturated heterocycles. The maximum absolute atomic E-state index is 5.73. The summed E-state index contributed by atoms with van der Waals surface area (Å²) in [7, 11) is -1.81. The molecule has 0 spiro atoms. The van der Waals surface area contributed by atoms with Crippen LogP contribution in [0.4, 0.5) is 0 Å². The Morgan fingerprint density at radius 3 is 1.49 bits per heavy atom. The molecule has 7 aromatic rings. The Morgan fingerprint density at radius 1 is 0.544 bits per heavy atom. The molecule has 0 aliphatic rings. The molecular weight excluding hydrogens is 936 g/mol. The van der Waals surface area contributed by atoms with E-state index in [-0.39, 0.29) is 0 Å². The van der Waals surface area contributed by atoms with Crippen molar-refractivity contribution in [3.8, 4) is 40.9 Å². The van der Waals surface area contributed by atoms with Crippen LogP contribution >= 0.6 is 68.0 Å². The second kappa shape index (κ2) is 18.3. The first-order valence-corrected chi connectivity index (χ1v) is 35.8. The van der Waals surface area contributed by atoms with E-state index in [1.807, 2.05) is 62.9 Å². The Morgan fingerprint density at radius 2 is 1.04 bits per heavy atom. The zero-order chi connectivity index (χ0) is 40.6. The van der Waals surface area contributed by atoms with Crippen molar-refractivity contribution >= 4 is 122 Å². The number of thiazole rings is 4. The van der Waals surface area contributed by atoms with Gasteiger partial charge < -0.3 is 0 Å². The normalized spacial score (nSPS) is 12.9. The van der Waals surface area contributed by atoms with E-state index in [1.54, 1.807) is 18.7 Å². The van der Waals surface area contributed by atoms with E-state index in [9.17, 15) is 0 Å². The summed E-state index contributed by atoms with van der Waals surface area (Å²) in [6.07, 6.45) is 12.2. The van der Waals surface area contributed by atoms with E-state index in [0.717, 1.165) is 36.6 Å². The number of rotatable bonds is 18. The molecule has 6 heterocycles. The molecular formula is C45H60N4S6SiSn. The fourth-order valence-corrected chi connectivity index (χ4v) is 43.5. The minimum absolute atomic E-state index is 0.661. The Balaban J connectivity index is 1.51. The van der Waals surface area contributed by atoms with Gasteiger partial charge in [0.2, 0.25) is 0 Å². The summed E-state index contributed by atoms with van der Waals surface area (Å²) in [5, 5.41) is 4.37. The van der Waals surface area contributed by atoms with Gasteiger partial charge in [0.1, 0.15) is 0 Å². The summed E-state index contributed by atoms with van der Waals surface area (Å²) in [6, 6.07) is 9.32. The molecule has 0 aliphatic heterocycles. The summed E-state index contributed by atoms with van der Waals surface area (Å²) in [5.41, 5.74) is 6.46. The average Bonchev–Trinajstić information content (AvgIpc) is 4.02. The molecule has 0 radical (unpaired) electrons. The van der Waals surface area contributed by atoms with Gasteiger partial charge in [0.25, 0.3) is 0 Å². The monoisotopic (exact) mass is 996 g/mol. The van der Waals surface area contributed by atoms with Crippen molar-refractivity contribution < 1.29 is 0 Å². The van der Waals surface area contributed by atoms with Gasteiger partial charge in [-0.3, -0.25) is 0 Å². The van der Waals surface area contributed by atoms with Crippen molar-refractivity contribution in [1.82, 2.24) is 19.9 Å². The molecule has 0 atom stereocenters. The molecule has 1 aromatic carbocycles. The molecule has 6 aromatic heterocycles. The molecule has 0 amide bonds. The average molecular weight is 996 g/mol. The van der Waals surface area contributed by atoms with Gasteiger partial charge in [-0.05, 0) is 0 Å². The molecule has 0 N–H and O–H groups in total. The van der Waals surface area contributed by atoms with Gasteiger partial charge in [-0.1, -0.05) is 41.5 Å². The number of hydrogen-bond acceptors (Lipinski definition) is 10. The van der Waals surface area contributed by atoms with E-state index in [2.05, 4.69) is 107 Å². The fourth-order valence-electron chi connectivity index (χ4n) is 9.62. The first-order valence-electron chi connectivity index (χ1n) is 21.2. The quantitative estimate of drug-likeness (QED) is 0.0804. The summed E-state index contributed by atoms with van der Waals surface area (Å²) >= 11 is 8.60. The predicted molar refractivity (Wildman–Crippen MR) is 266 cm³/mol. The van der Waals surface area contributed by atoms with Crippen LogP contribution in [0, 0.1) is 13.8 Å². The number of aryl methyl sites for hydroxylation is 2. The van der Waals surface area contributed by atoms with Crippen LogP contribution in [0.15, 0.2) is 36.7 Å². The molecule has 0 aliphatic carbocycles. The molecule has 0 fully saturated rings. The van der Waals surface area contributed by atoms with Gasteiger partial charge in [-0.25, -0.2) is 0 Å². The van der Waals surface area contributed by atoms with Crippen LogP contribution in [0.2, 0.25) is 29.9 Å². The topological polar surface area (TPSA) is 51.6 Å². The standard InChI is InChI=1S/C33H33N4S6Si.3C4H9.Sn/c1-16(2)44(17(3)4,18(5)6)23-12-11-22(41-23)31-36-26-24(32-34-13-14-38-32)28-27(37-30(42-28)21-10-9-19(7)39-21)25(29(26)43-31)33-35-15-20(8)40-33;3*1-3-4-2;/h9-13,15-18H,1-8H3;3*1,3-4H2,2H3;. The van der Waals surface area contributed by atoms with E-state index >= 15 is 0 Å². The fraction of sp³-hybridized carbons (Fsp3) is 0.511. The maximum atomic E-state index is 5.73. The second-order valence-corrected chi connectivity index (χ2v) is 44.0. The van der Waals surface area contributed by atoms with Crippen LogP contribution < -0.4 is 7.39 Å². The minimum atomic E-state index is -2.74. The second-order valence-electron chi connectivity index (χ2n) is 17.0. The van der Waals surface area contributed by atoms with Gasteiger partial charge in [0.05, 0.1) is 0 Å². The molecule has 57 heavy (non-hydrogen) atoms. The molecule has 0 unspecified atom stereocenters.